The summed E-state index contributed by atoms with van der Waals surface area (Å²) in [5.41, 5.74) is 1.84. The Morgan fingerprint density at radius 3 is 2.59 bits per heavy atom. The number of anilines is 2. The van der Waals surface area contributed by atoms with Crippen LogP contribution in [0.4, 0.5) is 10.8 Å². The molecule has 1 aromatic heterocycles. The standard InChI is InChI=1S/C22H24N4O4S2/c27-21(16-4-3-5-18(14-16)32(28,29)26-8-1-2-9-26)23-17-6-7-19-20(15-17)31-22(24-19)25-10-12-30-13-11-25/h3-7,14-15H,1-2,8-13H2,(H,23,27). The number of benzene rings is 2. The summed E-state index contributed by atoms with van der Waals surface area (Å²) >= 11 is 1.58. The maximum atomic E-state index is 12.8. The Bertz CT molecular complexity index is 1250. The first kappa shape index (κ1) is 21.3. The van der Waals surface area contributed by atoms with Gasteiger partial charge in [0.1, 0.15) is 0 Å². The molecule has 1 N–H and O–H groups in total. The molecule has 168 valence electrons. The number of nitrogens with one attached hydrogen (secondary N) is 1. The van der Waals surface area contributed by atoms with Crippen LogP contribution in [0.25, 0.3) is 10.2 Å². The van der Waals surface area contributed by atoms with Crippen LogP contribution in [0.2, 0.25) is 0 Å². The van der Waals surface area contributed by atoms with Crippen LogP contribution in [0.5, 0.6) is 0 Å². The molecule has 2 aliphatic heterocycles. The first-order chi connectivity index (χ1) is 15.5. The van der Waals surface area contributed by atoms with E-state index < -0.39 is 10.0 Å². The van der Waals surface area contributed by atoms with Crippen LogP contribution in [0.15, 0.2) is 47.4 Å². The zero-order valence-electron chi connectivity index (χ0n) is 17.5. The Kier molecular flexibility index (Phi) is 5.85. The Morgan fingerprint density at radius 2 is 1.81 bits per heavy atom. The quantitative estimate of drug-likeness (QED) is 0.613. The Balaban J connectivity index is 1.34. The average Bonchev–Trinajstić information content (AvgIpc) is 3.50. The van der Waals surface area contributed by atoms with E-state index in [2.05, 4.69) is 10.2 Å². The topological polar surface area (TPSA) is 91.8 Å². The van der Waals surface area contributed by atoms with Crippen LogP contribution in [0.3, 0.4) is 0 Å². The second-order valence-corrected chi connectivity index (χ2v) is 10.8. The van der Waals surface area contributed by atoms with Gasteiger partial charge in [-0.15, -0.1) is 0 Å². The number of amides is 1. The van der Waals surface area contributed by atoms with Crippen LogP contribution in [0.1, 0.15) is 23.2 Å². The van der Waals surface area contributed by atoms with Gasteiger partial charge in [-0.3, -0.25) is 4.79 Å². The molecule has 2 fully saturated rings. The van der Waals surface area contributed by atoms with Crippen molar-refractivity contribution in [2.75, 3.05) is 49.6 Å². The number of ether oxygens (including phenoxy) is 1. The highest BCUT2D eigenvalue weighted by Gasteiger charge is 2.27. The molecule has 2 saturated heterocycles. The number of thiazole rings is 1. The number of hydrogen-bond donors (Lipinski definition) is 1. The molecule has 10 heteroatoms. The van der Waals surface area contributed by atoms with Gasteiger partial charge in [-0.25, -0.2) is 13.4 Å². The molecule has 0 radical (unpaired) electrons. The van der Waals surface area contributed by atoms with Gasteiger partial charge in [-0.05, 0) is 49.2 Å². The fraction of sp³-hybridized carbons (Fsp3) is 0.364. The zero-order valence-corrected chi connectivity index (χ0v) is 19.1. The summed E-state index contributed by atoms with van der Waals surface area (Å²) in [5, 5.41) is 3.84. The van der Waals surface area contributed by atoms with Crippen molar-refractivity contribution in [2.45, 2.75) is 17.7 Å². The number of carbonyl (C=O) groups excluding carboxylic acids is 1. The summed E-state index contributed by atoms with van der Waals surface area (Å²) < 4.78 is 33.5. The van der Waals surface area contributed by atoms with Crippen molar-refractivity contribution in [3.8, 4) is 0 Å². The third-order valence-electron chi connectivity index (χ3n) is 5.72. The molecule has 0 spiro atoms. The number of morpholine rings is 1. The van der Waals surface area contributed by atoms with Gasteiger partial charge in [0.15, 0.2) is 5.13 Å². The van der Waals surface area contributed by atoms with Crippen LogP contribution in [0, 0.1) is 0 Å². The van der Waals surface area contributed by atoms with Crippen molar-refractivity contribution in [3.05, 3.63) is 48.0 Å². The molecule has 32 heavy (non-hydrogen) atoms. The fourth-order valence-corrected chi connectivity index (χ4v) is 6.58. The first-order valence-corrected chi connectivity index (χ1v) is 12.9. The summed E-state index contributed by atoms with van der Waals surface area (Å²) in [4.78, 5) is 19.9. The zero-order chi connectivity index (χ0) is 22.1. The third kappa shape index (κ3) is 4.23. The predicted molar refractivity (Wildman–Crippen MR) is 125 cm³/mol. The van der Waals surface area contributed by atoms with Crippen LogP contribution in [-0.2, 0) is 14.8 Å². The van der Waals surface area contributed by atoms with E-state index in [1.165, 1.54) is 10.4 Å². The van der Waals surface area contributed by atoms with Gasteiger partial charge in [0.05, 0.1) is 28.3 Å². The predicted octanol–water partition coefficient (Wildman–Crippen LogP) is 3.17. The van der Waals surface area contributed by atoms with Crippen LogP contribution < -0.4 is 10.2 Å². The molecule has 0 atom stereocenters. The lowest BCUT2D eigenvalue weighted by atomic mass is 10.2. The number of carbonyl (C=O) groups is 1. The van der Waals surface area contributed by atoms with Crippen molar-refractivity contribution in [1.82, 2.24) is 9.29 Å². The van der Waals surface area contributed by atoms with E-state index >= 15 is 0 Å². The highest BCUT2D eigenvalue weighted by atomic mass is 32.2. The second-order valence-electron chi connectivity index (χ2n) is 7.87. The van der Waals surface area contributed by atoms with Gasteiger partial charge in [0, 0.05) is 37.4 Å². The minimum absolute atomic E-state index is 0.153. The van der Waals surface area contributed by atoms with Crippen LogP contribution >= 0.6 is 11.3 Å². The van der Waals surface area contributed by atoms with Crippen molar-refractivity contribution < 1.29 is 17.9 Å². The molecule has 0 bridgehead atoms. The monoisotopic (exact) mass is 472 g/mol. The van der Waals surface area contributed by atoms with E-state index in [0.717, 1.165) is 41.3 Å². The van der Waals surface area contributed by atoms with Gasteiger partial charge in [0.25, 0.3) is 5.91 Å². The molecule has 1 amide bonds. The number of fused-ring (bicyclic) bond motifs is 1. The SMILES string of the molecule is O=C(Nc1ccc2nc(N3CCOCC3)sc2c1)c1cccc(S(=O)(=O)N2CCCC2)c1. The van der Waals surface area contributed by atoms with E-state index in [-0.39, 0.29) is 10.8 Å². The van der Waals surface area contributed by atoms with E-state index in [1.54, 1.807) is 29.5 Å². The van der Waals surface area contributed by atoms with Gasteiger partial charge >= 0.3 is 0 Å². The third-order valence-corrected chi connectivity index (χ3v) is 8.69. The van der Waals surface area contributed by atoms with Gasteiger partial charge in [-0.2, -0.15) is 4.31 Å². The summed E-state index contributed by atoms with van der Waals surface area (Å²) in [6.07, 6.45) is 1.74. The van der Waals surface area contributed by atoms with E-state index in [4.69, 9.17) is 9.72 Å². The molecular weight excluding hydrogens is 448 g/mol. The number of rotatable bonds is 5. The lowest BCUT2D eigenvalue weighted by Crippen LogP contribution is -2.36. The molecule has 0 unspecified atom stereocenters. The summed E-state index contributed by atoms with van der Waals surface area (Å²) in [5.74, 6) is -0.347. The molecule has 3 heterocycles. The summed E-state index contributed by atoms with van der Waals surface area (Å²) in [6.45, 7) is 4.09. The smallest absolute Gasteiger partial charge is 0.255 e. The minimum atomic E-state index is -3.57. The number of aromatic nitrogens is 1. The van der Waals surface area contributed by atoms with Crippen molar-refractivity contribution in [2.24, 2.45) is 0 Å². The first-order valence-electron chi connectivity index (χ1n) is 10.7. The molecule has 3 aromatic rings. The average molecular weight is 473 g/mol. The lowest BCUT2D eigenvalue weighted by molar-refractivity contribution is 0.102. The number of hydrogen-bond acceptors (Lipinski definition) is 7. The molecule has 0 aliphatic carbocycles. The molecular formula is C22H24N4O4S2. The molecule has 2 aromatic carbocycles. The number of nitrogens with zero attached hydrogens (tertiary/aromatic N) is 3. The van der Waals surface area contributed by atoms with Gasteiger partial charge in [0.2, 0.25) is 10.0 Å². The highest BCUT2D eigenvalue weighted by Crippen LogP contribution is 2.31. The summed E-state index contributed by atoms with van der Waals surface area (Å²) in [6, 6.07) is 11.8. The molecule has 2 aliphatic rings. The number of sulfonamides is 1. The maximum absolute atomic E-state index is 12.8. The molecule has 8 nitrogen and oxygen atoms in total. The Hall–Kier alpha value is -2.53. The maximum Gasteiger partial charge on any atom is 0.255 e. The second kappa shape index (κ2) is 8.78. The van der Waals surface area contributed by atoms with Crippen molar-refractivity contribution >= 4 is 48.3 Å². The van der Waals surface area contributed by atoms with E-state index in [9.17, 15) is 13.2 Å². The molecule has 5 rings (SSSR count). The van der Waals surface area contributed by atoms with E-state index in [0.29, 0.717) is 37.6 Å². The lowest BCUT2D eigenvalue weighted by Gasteiger charge is -2.25. The van der Waals surface area contributed by atoms with Crippen molar-refractivity contribution in [1.29, 1.82) is 0 Å². The Morgan fingerprint density at radius 1 is 1.03 bits per heavy atom. The summed E-state index contributed by atoms with van der Waals surface area (Å²) in [7, 11) is -3.57. The van der Waals surface area contributed by atoms with Gasteiger partial charge < -0.3 is 15.0 Å². The van der Waals surface area contributed by atoms with Gasteiger partial charge in [-0.1, -0.05) is 17.4 Å². The van der Waals surface area contributed by atoms with E-state index in [1.807, 2.05) is 18.2 Å². The Labute approximate surface area is 190 Å². The normalized spacial score (nSPS) is 17.7. The minimum Gasteiger partial charge on any atom is -0.378 e. The largest absolute Gasteiger partial charge is 0.378 e. The van der Waals surface area contributed by atoms with Crippen molar-refractivity contribution in [3.63, 3.8) is 0 Å². The molecule has 0 saturated carbocycles. The highest BCUT2D eigenvalue weighted by molar-refractivity contribution is 7.89. The van der Waals surface area contributed by atoms with Crippen LogP contribution in [-0.4, -0.2) is 63.0 Å². The fourth-order valence-electron chi connectivity index (χ4n) is 3.96.